The lowest BCUT2D eigenvalue weighted by Gasteiger charge is -2.16. The number of likely N-dealkylation sites (N-methyl/N-ethyl adjacent to an activating group) is 1. The molecule has 0 radical (unpaired) electrons. The Morgan fingerprint density at radius 1 is 1.19 bits per heavy atom. The van der Waals surface area contributed by atoms with Crippen molar-refractivity contribution in [3.63, 3.8) is 0 Å². The first-order valence-corrected chi connectivity index (χ1v) is 8.81. The molecule has 0 bridgehead atoms. The number of halogens is 2. The average Bonchev–Trinajstić information content (AvgIpc) is 2.92. The molecule has 0 saturated heterocycles. The summed E-state index contributed by atoms with van der Waals surface area (Å²) >= 11 is 11.4. The molecule has 0 aliphatic rings. The third kappa shape index (κ3) is 3.16. The summed E-state index contributed by atoms with van der Waals surface area (Å²) < 4.78 is 2.47. The van der Waals surface area contributed by atoms with Crippen LogP contribution in [0.15, 0.2) is 52.3 Å². The predicted molar refractivity (Wildman–Crippen MR) is 96.5 cm³/mol. The van der Waals surface area contributed by atoms with Crippen molar-refractivity contribution in [1.29, 1.82) is 0 Å². The van der Waals surface area contributed by atoms with Crippen molar-refractivity contribution in [3.8, 4) is 0 Å². The van der Waals surface area contributed by atoms with Crippen molar-refractivity contribution >= 4 is 49.0 Å². The summed E-state index contributed by atoms with van der Waals surface area (Å²) in [6, 6.07) is 14.8. The zero-order valence-electron chi connectivity index (χ0n) is 11.6. The van der Waals surface area contributed by atoms with Gasteiger partial charge in [-0.15, -0.1) is 11.3 Å². The first-order valence-electron chi connectivity index (χ1n) is 6.76. The maximum Gasteiger partial charge on any atom is 0.0488 e. The molecule has 2 aromatic carbocycles. The first kappa shape index (κ1) is 15.0. The van der Waals surface area contributed by atoms with E-state index in [1.807, 2.05) is 19.2 Å². The minimum atomic E-state index is 0.300. The quantitative estimate of drug-likeness (QED) is 0.601. The van der Waals surface area contributed by atoms with Gasteiger partial charge in [0.25, 0.3) is 0 Å². The molecule has 3 aromatic rings. The second kappa shape index (κ2) is 6.49. The predicted octanol–water partition coefficient (Wildman–Crippen LogP) is 5.82. The molecule has 108 valence electrons. The van der Waals surface area contributed by atoms with Gasteiger partial charge in [0, 0.05) is 20.2 Å². The molecule has 0 amide bonds. The topological polar surface area (TPSA) is 12.0 Å². The van der Waals surface area contributed by atoms with Gasteiger partial charge in [-0.3, -0.25) is 0 Å². The molecule has 1 atom stereocenters. The van der Waals surface area contributed by atoms with E-state index in [2.05, 4.69) is 57.0 Å². The molecule has 1 N–H and O–H groups in total. The highest BCUT2D eigenvalue weighted by atomic mass is 79.9. The van der Waals surface area contributed by atoms with Gasteiger partial charge in [0.15, 0.2) is 0 Å². The second-order valence-corrected chi connectivity index (χ2v) is 7.15. The summed E-state index contributed by atoms with van der Waals surface area (Å²) in [5.41, 5.74) is 2.64. The lowest BCUT2D eigenvalue weighted by Crippen LogP contribution is -2.18. The number of fused-ring (bicyclic) bond motifs is 1. The van der Waals surface area contributed by atoms with Crippen molar-refractivity contribution in [2.24, 2.45) is 0 Å². The average molecular weight is 381 g/mol. The van der Waals surface area contributed by atoms with Gasteiger partial charge in [-0.1, -0.05) is 35.9 Å². The van der Waals surface area contributed by atoms with Crippen LogP contribution in [-0.2, 0) is 6.42 Å². The first-order chi connectivity index (χ1) is 10.2. The van der Waals surface area contributed by atoms with Gasteiger partial charge in [-0.2, -0.15) is 0 Å². The van der Waals surface area contributed by atoms with Crippen LogP contribution in [0.3, 0.4) is 0 Å². The Balaban J connectivity index is 1.95. The van der Waals surface area contributed by atoms with Crippen LogP contribution in [0.5, 0.6) is 0 Å². The third-order valence-electron chi connectivity index (χ3n) is 3.66. The second-order valence-electron chi connectivity index (χ2n) is 4.98. The molecular weight excluding hydrogens is 366 g/mol. The molecule has 0 fully saturated rings. The molecule has 1 unspecified atom stereocenters. The van der Waals surface area contributed by atoms with E-state index in [9.17, 15) is 0 Å². The summed E-state index contributed by atoms with van der Waals surface area (Å²) in [5.74, 6) is 0. The Hall–Kier alpha value is -0.870. The van der Waals surface area contributed by atoms with Crippen LogP contribution in [-0.4, -0.2) is 7.05 Å². The minimum absolute atomic E-state index is 0.300. The SMILES string of the molecule is CNC(Cc1ccc(Cl)cc1)c1csc2c(Br)cccc12. The van der Waals surface area contributed by atoms with Gasteiger partial charge in [0.05, 0.1) is 0 Å². The van der Waals surface area contributed by atoms with Crippen molar-refractivity contribution in [3.05, 3.63) is 68.5 Å². The maximum atomic E-state index is 5.96. The van der Waals surface area contributed by atoms with Crippen LogP contribution >= 0.6 is 38.9 Å². The molecule has 3 rings (SSSR count). The molecule has 1 heterocycles. The fourth-order valence-electron chi connectivity index (χ4n) is 2.54. The standard InChI is InChI=1S/C17H15BrClNS/c1-20-16(9-11-5-7-12(19)8-6-11)14-10-21-17-13(14)3-2-4-15(17)18/h2-8,10,16,20H,9H2,1H3. The lowest BCUT2D eigenvalue weighted by molar-refractivity contribution is 0.598. The zero-order valence-corrected chi connectivity index (χ0v) is 14.7. The Labute approximate surface area is 142 Å². The molecular formula is C17H15BrClNS. The molecule has 0 aliphatic carbocycles. The highest BCUT2D eigenvalue weighted by Gasteiger charge is 2.15. The van der Waals surface area contributed by atoms with Crippen LogP contribution in [0.25, 0.3) is 10.1 Å². The van der Waals surface area contributed by atoms with Gasteiger partial charge < -0.3 is 5.32 Å². The maximum absolute atomic E-state index is 5.96. The molecule has 0 spiro atoms. The van der Waals surface area contributed by atoms with Gasteiger partial charge in [-0.25, -0.2) is 0 Å². The van der Waals surface area contributed by atoms with Crippen LogP contribution in [0.4, 0.5) is 0 Å². The van der Waals surface area contributed by atoms with Crippen molar-refractivity contribution in [2.75, 3.05) is 7.05 Å². The van der Waals surface area contributed by atoms with Crippen LogP contribution in [0.1, 0.15) is 17.2 Å². The lowest BCUT2D eigenvalue weighted by atomic mass is 9.98. The third-order valence-corrected chi connectivity index (χ3v) is 5.88. The number of benzene rings is 2. The van der Waals surface area contributed by atoms with E-state index in [0.29, 0.717) is 6.04 Å². The molecule has 4 heteroatoms. The number of thiophene rings is 1. The number of rotatable bonds is 4. The van der Waals surface area contributed by atoms with Gasteiger partial charge in [-0.05, 0) is 69.5 Å². The Kier molecular flexibility index (Phi) is 4.65. The van der Waals surface area contributed by atoms with Gasteiger partial charge >= 0.3 is 0 Å². The summed E-state index contributed by atoms with van der Waals surface area (Å²) in [4.78, 5) is 0. The smallest absolute Gasteiger partial charge is 0.0488 e. The Morgan fingerprint density at radius 3 is 2.67 bits per heavy atom. The summed E-state index contributed by atoms with van der Waals surface area (Å²) in [5, 5.41) is 7.80. The highest BCUT2D eigenvalue weighted by Crippen LogP contribution is 2.36. The molecule has 1 nitrogen and oxygen atoms in total. The van der Waals surface area contributed by atoms with E-state index >= 15 is 0 Å². The Morgan fingerprint density at radius 2 is 1.95 bits per heavy atom. The number of nitrogens with one attached hydrogen (secondary N) is 1. The Bertz CT molecular complexity index is 751. The summed E-state index contributed by atoms with van der Waals surface area (Å²) in [6.07, 6.45) is 0.950. The van der Waals surface area contributed by atoms with E-state index in [1.54, 1.807) is 11.3 Å². The fourth-order valence-corrected chi connectivity index (χ4v) is 4.34. The van der Waals surface area contributed by atoms with E-state index < -0.39 is 0 Å². The van der Waals surface area contributed by atoms with Crippen LogP contribution in [0.2, 0.25) is 5.02 Å². The van der Waals surface area contributed by atoms with Gasteiger partial charge in [0.1, 0.15) is 0 Å². The summed E-state index contributed by atoms with van der Waals surface area (Å²) in [6.45, 7) is 0. The highest BCUT2D eigenvalue weighted by molar-refractivity contribution is 9.10. The molecule has 21 heavy (non-hydrogen) atoms. The molecule has 0 aliphatic heterocycles. The van der Waals surface area contributed by atoms with Crippen molar-refractivity contribution in [1.82, 2.24) is 5.32 Å². The minimum Gasteiger partial charge on any atom is -0.313 e. The van der Waals surface area contributed by atoms with Crippen molar-refractivity contribution < 1.29 is 0 Å². The number of hydrogen-bond donors (Lipinski definition) is 1. The zero-order chi connectivity index (χ0) is 14.8. The van der Waals surface area contributed by atoms with Crippen LogP contribution in [0, 0.1) is 0 Å². The normalized spacial score (nSPS) is 12.7. The van der Waals surface area contributed by atoms with Gasteiger partial charge in [0.2, 0.25) is 0 Å². The van der Waals surface area contributed by atoms with E-state index in [-0.39, 0.29) is 0 Å². The monoisotopic (exact) mass is 379 g/mol. The van der Waals surface area contributed by atoms with Crippen molar-refractivity contribution in [2.45, 2.75) is 12.5 Å². The molecule has 1 aromatic heterocycles. The number of hydrogen-bond acceptors (Lipinski definition) is 2. The van der Waals surface area contributed by atoms with E-state index in [1.165, 1.54) is 21.2 Å². The van der Waals surface area contributed by atoms with E-state index in [4.69, 9.17) is 11.6 Å². The fraction of sp³-hybridized carbons (Fsp3) is 0.176. The molecule has 0 saturated carbocycles. The van der Waals surface area contributed by atoms with Crippen LogP contribution < -0.4 is 5.32 Å². The summed E-state index contributed by atoms with van der Waals surface area (Å²) in [7, 11) is 2.02. The van der Waals surface area contributed by atoms with E-state index in [0.717, 1.165) is 15.9 Å². The largest absolute Gasteiger partial charge is 0.313 e.